The molecule has 7 heteroatoms. The fourth-order valence-corrected chi connectivity index (χ4v) is 1.32. The molecular formula is C10H7F3N2O2. The lowest BCUT2D eigenvalue weighted by Gasteiger charge is -2.07. The van der Waals surface area contributed by atoms with Gasteiger partial charge in [-0.2, -0.15) is 13.2 Å². The van der Waals surface area contributed by atoms with E-state index in [1.165, 1.54) is 18.2 Å². The summed E-state index contributed by atoms with van der Waals surface area (Å²) in [5, 5.41) is 1.74. The zero-order valence-corrected chi connectivity index (χ0v) is 8.63. The lowest BCUT2D eigenvalue weighted by atomic mass is 10.3. The molecule has 4 nitrogen and oxygen atoms in total. The Bertz CT molecular complexity index is 574. The van der Waals surface area contributed by atoms with Gasteiger partial charge in [0, 0.05) is 12.6 Å². The topological polar surface area (TPSA) is 55.1 Å². The third kappa shape index (κ3) is 2.38. The quantitative estimate of drug-likeness (QED) is 0.838. The van der Waals surface area contributed by atoms with E-state index in [0.29, 0.717) is 17.0 Å². The van der Waals surface area contributed by atoms with Crippen molar-refractivity contribution >= 4 is 22.7 Å². The highest BCUT2D eigenvalue weighted by molar-refractivity contribution is 5.96. The van der Waals surface area contributed by atoms with Crippen molar-refractivity contribution < 1.29 is 22.4 Å². The van der Waals surface area contributed by atoms with E-state index in [1.54, 1.807) is 12.2 Å². The molecular weight excluding hydrogens is 237 g/mol. The van der Waals surface area contributed by atoms with Gasteiger partial charge in [0.2, 0.25) is 0 Å². The van der Waals surface area contributed by atoms with Crippen molar-refractivity contribution in [3.8, 4) is 0 Å². The first-order chi connectivity index (χ1) is 7.86. The number of amides is 1. The Morgan fingerprint density at radius 2 is 2.12 bits per heavy atom. The number of benzene rings is 1. The van der Waals surface area contributed by atoms with Crippen molar-refractivity contribution in [1.82, 2.24) is 4.98 Å². The van der Waals surface area contributed by atoms with Crippen LogP contribution in [0.1, 0.15) is 5.89 Å². The van der Waals surface area contributed by atoms with E-state index in [0.717, 1.165) is 0 Å². The number of hydrogen-bond donors (Lipinski definition) is 1. The zero-order valence-electron chi connectivity index (χ0n) is 8.63. The van der Waals surface area contributed by atoms with Crippen molar-refractivity contribution in [2.75, 3.05) is 5.32 Å². The number of anilines is 1. The molecule has 0 saturated heterocycles. The van der Waals surface area contributed by atoms with Crippen LogP contribution < -0.4 is 5.32 Å². The molecule has 1 amide bonds. The number of hydrogen-bond acceptors (Lipinski definition) is 3. The van der Waals surface area contributed by atoms with Gasteiger partial charge in [0.1, 0.15) is 5.52 Å². The Morgan fingerprint density at radius 1 is 1.41 bits per heavy atom. The standard InChI is InChI=1S/C10H7F3N2O2/c1-5-14-7-4-6(2-3-8(7)17-5)15-9(16)10(11,12)13/h2-4H,1H3,(H,15,16). The first-order valence-electron chi connectivity index (χ1n) is 4.61. The van der Waals surface area contributed by atoms with Crippen molar-refractivity contribution in [3.05, 3.63) is 24.1 Å². The molecule has 17 heavy (non-hydrogen) atoms. The van der Waals surface area contributed by atoms with Crippen molar-refractivity contribution in [1.29, 1.82) is 0 Å². The highest BCUT2D eigenvalue weighted by Crippen LogP contribution is 2.22. The van der Waals surface area contributed by atoms with Gasteiger partial charge in [-0.05, 0) is 18.2 Å². The smallest absolute Gasteiger partial charge is 0.441 e. The lowest BCUT2D eigenvalue weighted by Crippen LogP contribution is -2.29. The van der Waals surface area contributed by atoms with Crippen molar-refractivity contribution in [3.63, 3.8) is 0 Å². The van der Waals surface area contributed by atoms with Crippen LogP contribution in [0.5, 0.6) is 0 Å². The molecule has 0 unspecified atom stereocenters. The molecule has 0 radical (unpaired) electrons. The van der Waals surface area contributed by atoms with Crippen LogP contribution in [-0.2, 0) is 4.79 Å². The van der Waals surface area contributed by atoms with Crippen LogP contribution >= 0.6 is 0 Å². The summed E-state index contributed by atoms with van der Waals surface area (Å²) in [7, 11) is 0. The highest BCUT2D eigenvalue weighted by Gasteiger charge is 2.38. The highest BCUT2D eigenvalue weighted by atomic mass is 19.4. The largest absolute Gasteiger partial charge is 0.471 e. The van der Waals surface area contributed by atoms with E-state index in [4.69, 9.17) is 4.42 Å². The molecule has 2 rings (SSSR count). The summed E-state index contributed by atoms with van der Waals surface area (Å²) < 4.78 is 41.2. The number of aromatic nitrogens is 1. The number of nitrogens with one attached hydrogen (secondary N) is 1. The van der Waals surface area contributed by atoms with Gasteiger partial charge in [0.25, 0.3) is 0 Å². The van der Waals surface area contributed by atoms with Crippen LogP contribution in [0.15, 0.2) is 22.6 Å². The minimum atomic E-state index is -4.91. The second-order valence-corrected chi connectivity index (χ2v) is 3.37. The number of alkyl halides is 3. The molecule has 90 valence electrons. The molecule has 1 heterocycles. The molecule has 2 aromatic rings. The van der Waals surface area contributed by atoms with Crippen molar-refractivity contribution in [2.24, 2.45) is 0 Å². The maximum Gasteiger partial charge on any atom is 0.471 e. The first kappa shape index (κ1) is 11.4. The van der Waals surface area contributed by atoms with Gasteiger partial charge in [-0.15, -0.1) is 0 Å². The second kappa shape index (κ2) is 3.76. The summed E-state index contributed by atoms with van der Waals surface area (Å²) in [6.07, 6.45) is -4.91. The van der Waals surface area contributed by atoms with Gasteiger partial charge in [-0.1, -0.05) is 0 Å². The number of nitrogens with zero attached hydrogens (tertiary/aromatic N) is 1. The number of oxazole rings is 1. The fourth-order valence-electron chi connectivity index (χ4n) is 1.32. The third-order valence-electron chi connectivity index (χ3n) is 2.01. The summed E-state index contributed by atoms with van der Waals surface area (Å²) in [6.45, 7) is 1.62. The average molecular weight is 244 g/mol. The number of rotatable bonds is 1. The molecule has 1 N–H and O–H groups in total. The molecule has 0 aliphatic heterocycles. The zero-order chi connectivity index (χ0) is 12.6. The molecule has 0 fully saturated rings. The Balaban J connectivity index is 2.28. The first-order valence-corrected chi connectivity index (χ1v) is 4.61. The number of aryl methyl sites for hydroxylation is 1. The van der Waals surface area contributed by atoms with E-state index in [2.05, 4.69) is 4.98 Å². The van der Waals surface area contributed by atoms with Gasteiger partial charge >= 0.3 is 12.1 Å². The van der Waals surface area contributed by atoms with Crippen LogP contribution in [-0.4, -0.2) is 17.1 Å². The predicted octanol–water partition coefficient (Wildman–Crippen LogP) is 2.64. The van der Waals surface area contributed by atoms with Crippen LogP contribution in [0.4, 0.5) is 18.9 Å². The molecule has 1 aromatic heterocycles. The van der Waals surface area contributed by atoms with Gasteiger partial charge in [0.05, 0.1) is 0 Å². The maximum absolute atomic E-state index is 12.0. The Kier molecular flexibility index (Phi) is 2.53. The van der Waals surface area contributed by atoms with Crippen molar-refractivity contribution in [2.45, 2.75) is 13.1 Å². The maximum atomic E-state index is 12.0. The minimum absolute atomic E-state index is 0.0214. The van der Waals surface area contributed by atoms with E-state index in [9.17, 15) is 18.0 Å². The van der Waals surface area contributed by atoms with Crippen LogP contribution in [0, 0.1) is 6.92 Å². The van der Waals surface area contributed by atoms with E-state index < -0.39 is 12.1 Å². The molecule has 1 aromatic carbocycles. The number of halogens is 3. The third-order valence-corrected chi connectivity index (χ3v) is 2.01. The van der Waals surface area contributed by atoms with Crippen LogP contribution in [0.3, 0.4) is 0 Å². The number of carbonyl (C=O) groups excluding carboxylic acids is 1. The summed E-state index contributed by atoms with van der Waals surface area (Å²) in [4.78, 5) is 14.6. The van der Waals surface area contributed by atoms with Gasteiger partial charge in [-0.25, -0.2) is 4.98 Å². The van der Waals surface area contributed by atoms with E-state index in [1.807, 2.05) is 0 Å². The summed E-state index contributed by atoms with van der Waals surface area (Å²) >= 11 is 0. The molecule has 0 bridgehead atoms. The SMILES string of the molecule is Cc1nc2cc(NC(=O)C(F)(F)F)ccc2o1. The number of fused-ring (bicyclic) bond motifs is 1. The normalized spacial score (nSPS) is 11.8. The Labute approximate surface area is 93.4 Å². The molecule has 0 aliphatic rings. The van der Waals surface area contributed by atoms with Gasteiger partial charge in [-0.3, -0.25) is 4.79 Å². The summed E-state index contributed by atoms with van der Waals surface area (Å²) in [6, 6.07) is 4.08. The van der Waals surface area contributed by atoms with Crippen LogP contribution in [0.25, 0.3) is 11.1 Å². The van der Waals surface area contributed by atoms with Gasteiger partial charge in [0.15, 0.2) is 11.5 Å². The van der Waals surface area contributed by atoms with Crippen LogP contribution in [0.2, 0.25) is 0 Å². The molecule has 0 spiro atoms. The minimum Gasteiger partial charge on any atom is -0.441 e. The molecule has 0 atom stereocenters. The fraction of sp³-hybridized carbons (Fsp3) is 0.200. The van der Waals surface area contributed by atoms with Gasteiger partial charge < -0.3 is 9.73 Å². The lowest BCUT2D eigenvalue weighted by molar-refractivity contribution is -0.167. The Hall–Kier alpha value is -2.05. The second-order valence-electron chi connectivity index (χ2n) is 3.37. The van der Waals surface area contributed by atoms with E-state index in [-0.39, 0.29) is 5.69 Å². The monoisotopic (exact) mass is 244 g/mol. The van der Waals surface area contributed by atoms with E-state index >= 15 is 0 Å². The summed E-state index contributed by atoms with van der Waals surface area (Å²) in [5.41, 5.74) is 0.864. The average Bonchev–Trinajstić information content (AvgIpc) is 2.55. The molecule has 0 saturated carbocycles. The predicted molar refractivity (Wildman–Crippen MR) is 53.4 cm³/mol. The Morgan fingerprint density at radius 3 is 2.76 bits per heavy atom. The summed E-state index contributed by atoms with van der Waals surface area (Å²) in [5.74, 6) is -1.61. The number of carbonyl (C=O) groups is 1. The molecule has 0 aliphatic carbocycles.